The van der Waals surface area contributed by atoms with Crippen molar-refractivity contribution >= 4 is 56.0 Å². The third kappa shape index (κ3) is 9.57. The Morgan fingerprint density at radius 3 is 2.31 bits per heavy atom. The van der Waals surface area contributed by atoms with E-state index in [2.05, 4.69) is 78.3 Å². The van der Waals surface area contributed by atoms with Gasteiger partial charge in [0.1, 0.15) is 5.52 Å². The molecule has 7 rings (SSSR count). The second-order valence-corrected chi connectivity index (χ2v) is 17.2. The normalized spacial score (nSPS) is 14.4. The zero-order valence-electron chi connectivity index (χ0n) is 30.9. The molecule has 13 heteroatoms. The summed E-state index contributed by atoms with van der Waals surface area (Å²) in [6.07, 6.45) is 0.844. The first-order chi connectivity index (χ1) is 26.6. The molecule has 5 aromatic carbocycles. The van der Waals surface area contributed by atoms with Gasteiger partial charge < -0.3 is 9.80 Å². The van der Waals surface area contributed by atoms with Gasteiger partial charge >= 0.3 is 0 Å². The molecule has 6 aromatic rings. The van der Waals surface area contributed by atoms with Gasteiger partial charge in [-0.2, -0.15) is 0 Å². The highest BCUT2D eigenvalue weighted by Gasteiger charge is 2.24. The number of aromatic nitrogens is 3. The maximum absolute atomic E-state index is 13.4. The number of hydrogen-bond donors (Lipinski definition) is 1. The van der Waals surface area contributed by atoms with Gasteiger partial charge in [-0.3, -0.25) is 9.69 Å². The van der Waals surface area contributed by atoms with E-state index < -0.39 is 15.9 Å². The van der Waals surface area contributed by atoms with E-state index in [1.807, 2.05) is 61.2 Å². The van der Waals surface area contributed by atoms with Crippen LogP contribution in [0.1, 0.15) is 28.4 Å². The van der Waals surface area contributed by atoms with Crippen LogP contribution in [0, 0.1) is 0 Å². The van der Waals surface area contributed by atoms with Gasteiger partial charge in [-0.25, -0.2) is 17.8 Å². The molecule has 0 radical (unpaired) electrons. The molecule has 0 spiro atoms. The lowest BCUT2D eigenvalue weighted by molar-refractivity contribution is 0.0981. The highest BCUT2D eigenvalue weighted by Crippen LogP contribution is 2.29. The average molecular weight is 794 g/mol. The number of fused-ring (bicyclic) bond motifs is 1. The first kappa shape index (κ1) is 38.6. The topological polar surface area (TPSA) is 104 Å². The zero-order chi connectivity index (χ0) is 38.4. The fraction of sp³-hybridized carbons (Fsp3) is 0.262. The van der Waals surface area contributed by atoms with Crippen LogP contribution in [0.15, 0.2) is 131 Å². The fourth-order valence-corrected chi connectivity index (χ4v) is 8.95. The number of sulfonamides is 1. The van der Waals surface area contributed by atoms with Gasteiger partial charge in [-0.15, -0.1) is 16.9 Å². The van der Waals surface area contributed by atoms with Crippen molar-refractivity contribution in [2.24, 2.45) is 0 Å². The minimum Gasteiger partial charge on any atom is -0.369 e. The number of benzene rings is 5. The Labute approximate surface area is 332 Å². The molecule has 1 aliphatic rings. The third-order valence-electron chi connectivity index (χ3n) is 9.85. The Morgan fingerprint density at radius 2 is 1.58 bits per heavy atom. The molecule has 1 saturated heterocycles. The summed E-state index contributed by atoms with van der Waals surface area (Å²) in [5, 5.41) is 9.50. The predicted octanol–water partition coefficient (Wildman–Crippen LogP) is 7.48. The number of nitrogens with zero attached hydrogens (tertiary/aromatic N) is 6. The maximum Gasteiger partial charge on any atom is 0.264 e. The molecule has 284 valence electrons. The summed E-state index contributed by atoms with van der Waals surface area (Å²) in [5.74, 6) is 0.0867. The summed E-state index contributed by atoms with van der Waals surface area (Å²) >= 11 is 7.88. The Kier molecular flexibility index (Phi) is 12.2. The molecule has 1 amide bonds. The van der Waals surface area contributed by atoms with Gasteiger partial charge in [-0.05, 0) is 110 Å². The van der Waals surface area contributed by atoms with Crippen molar-refractivity contribution in [1.29, 1.82) is 0 Å². The van der Waals surface area contributed by atoms with Crippen molar-refractivity contribution in [2.75, 3.05) is 57.5 Å². The summed E-state index contributed by atoms with van der Waals surface area (Å²) in [6.45, 7) is 5.14. The van der Waals surface area contributed by atoms with Crippen LogP contribution in [0.5, 0.6) is 0 Å². The number of carbonyl (C=O) groups excluding carboxylic acids is 1. The standard InChI is InChI=1S/C42H44ClN7O3S2/c1-47(2)23-22-36(30-54-37-9-4-3-5-10-37)50-41-21-20-38(28-40(41)44-46-50)55(52,53)45-42(51)32-14-18-35(19-15-32)49-26-24-48(25-27-49)29-33-8-6-7-11-39(33)31-12-16-34(43)17-13-31/h3-21,28,36H,22-27,29-30H2,1-2H3,(H,45,51)/t36-/m1/s1. The van der Waals surface area contributed by atoms with Crippen molar-refractivity contribution in [3.05, 3.63) is 137 Å². The van der Waals surface area contributed by atoms with E-state index in [0.717, 1.165) is 73.2 Å². The van der Waals surface area contributed by atoms with Crippen molar-refractivity contribution in [3.63, 3.8) is 0 Å². The second kappa shape index (κ2) is 17.4. The van der Waals surface area contributed by atoms with E-state index in [4.69, 9.17) is 11.6 Å². The molecule has 1 N–H and O–H groups in total. The summed E-state index contributed by atoms with van der Waals surface area (Å²) in [4.78, 5) is 21.2. The van der Waals surface area contributed by atoms with E-state index in [-0.39, 0.29) is 16.5 Å². The Balaban J connectivity index is 0.961. The van der Waals surface area contributed by atoms with E-state index in [0.29, 0.717) is 5.52 Å². The molecule has 0 aliphatic carbocycles. The number of anilines is 1. The molecule has 55 heavy (non-hydrogen) atoms. The number of piperazine rings is 1. The van der Waals surface area contributed by atoms with Gasteiger partial charge in [0.2, 0.25) is 0 Å². The van der Waals surface area contributed by atoms with Crippen molar-refractivity contribution in [2.45, 2.75) is 28.8 Å². The Hall–Kier alpha value is -4.72. The number of rotatable bonds is 14. The Bertz CT molecular complexity index is 2330. The lowest BCUT2D eigenvalue weighted by atomic mass is 9.99. The molecule has 10 nitrogen and oxygen atoms in total. The van der Waals surface area contributed by atoms with Crippen LogP contribution in [-0.4, -0.2) is 91.7 Å². The van der Waals surface area contributed by atoms with Gasteiger partial charge in [0.05, 0.1) is 16.5 Å². The second-order valence-electron chi connectivity index (χ2n) is 14.0. The van der Waals surface area contributed by atoms with Gasteiger partial charge in [0.15, 0.2) is 0 Å². The summed E-state index contributed by atoms with van der Waals surface area (Å²) in [5.41, 5.74) is 6.06. The predicted molar refractivity (Wildman–Crippen MR) is 222 cm³/mol. The molecular weight excluding hydrogens is 750 g/mol. The van der Waals surface area contributed by atoms with Crippen LogP contribution in [0.2, 0.25) is 5.02 Å². The molecule has 0 unspecified atom stereocenters. The monoisotopic (exact) mass is 793 g/mol. The van der Waals surface area contributed by atoms with Crippen LogP contribution in [0.25, 0.3) is 22.2 Å². The van der Waals surface area contributed by atoms with Crippen LogP contribution in [-0.2, 0) is 16.6 Å². The summed E-state index contributed by atoms with van der Waals surface area (Å²) < 4.78 is 31.0. The van der Waals surface area contributed by atoms with Gasteiger partial charge in [0, 0.05) is 59.6 Å². The minimum atomic E-state index is -4.17. The highest BCUT2D eigenvalue weighted by molar-refractivity contribution is 7.99. The zero-order valence-corrected chi connectivity index (χ0v) is 33.3. The number of halogens is 1. The van der Waals surface area contributed by atoms with Crippen LogP contribution in [0.4, 0.5) is 5.69 Å². The number of amides is 1. The average Bonchev–Trinajstić information content (AvgIpc) is 3.62. The van der Waals surface area contributed by atoms with E-state index in [9.17, 15) is 13.2 Å². The molecule has 1 aliphatic heterocycles. The number of thioether (sulfide) groups is 1. The third-order valence-corrected chi connectivity index (χ3v) is 12.6. The summed E-state index contributed by atoms with van der Waals surface area (Å²) in [6, 6.07) is 38.5. The first-order valence-electron chi connectivity index (χ1n) is 18.3. The minimum absolute atomic E-state index is 0.0369. The molecular formula is C42H44ClN7O3S2. The van der Waals surface area contributed by atoms with E-state index in [1.54, 1.807) is 30.0 Å². The number of carbonyl (C=O) groups is 1. The van der Waals surface area contributed by atoms with E-state index in [1.165, 1.54) is 28.2 Å². The quantitative estimate of drug-likeness (QED) is 0.113. The molecule has 1 aromatic heterocycles. The van der Waals surface area contributed by atoms with Crippen molar-refractivity contribution < 1.29 is 13.2 Å². The molecule has 0 saturated carbocycles. The highest BCUT2D eigenvalue weighted by atomic mass is 35.5. The SMILES string of the molecule is CN(C)CC[C@H](CSc1ccccc1)n1nnc2cc(S(=O)(=O)NC(=O)c3ccc(N4CCN(Cc5ccccc5-c5ccc(Cl)cc5)CC4)cc3)ccc21. The van der Waals surface area contributed by atoms with Gasteiger partial charge in [0.25, 0.3) is 15.9 Å². The lowest BCUT2D eigenvalue weighted by Crippen LogP contribution is -2.46. The number of nitrogens with one attached hydrogen (secondary N) is 1. The largest absolute Gasteiger partial charge is 0.369 e. The first-order valence-corrected chi connectivity index (χ1v) is 21.1. The van der Waals surface area contributed by atoms with Crippen molar-refractivity contribution in [1.82, 2.24) is 29.5 Å². The Morgan fingerprint density at radius 1 is 0.873 bits per heavy atom. The maximum atomic E-state index is 13.4. The van der Waals surface area contributed by atoms with E-state index >= 15 is 0 Å². The van der Waals surface area contributed by atoms with Crippen LogP contribution < -0.4 is 9.62 Å². The molecule has 1 fully saturated rings. The lowest BCUT2D eigenvalue weighted by Gasteiger charge is -2.36. The summed E-state index contributed by atoms with van der Waals surface area (Å²) in [7, 11) is -0.0993. The fourth-order valence-electron chi connectivity index (χ4n) is 6.79. The van der Waals surface area contributed by atoms with Crippen molar-refractivity contribution in [3.8, 4) is 11.1 Å². The molecule has 1 atom stereocenters. The van der Waals surface area contributed by atoms with Gasteiger partial charge in [-0.1, -0.05) is 71.4 Å². The number of hydrogen-bond acceptors (Lipinski definition) is 9. The van der Waals surface area contributed by atoms with Crippen LogP contribution >= 0.6 is 23.4 Å². The smallest absolute Gasteiger partial charge is 0.264 e. The molecule has 0 bridgehead atoms. The molecule has 2 heterocycles. The van der Waals surface area contributed by atoms with Crippen LogP contribution in [0.3, 0.4) is 0 Å².